The Morgan fingerprint density at radius 1 is 1.09 bits per heavy atom. The zero-order valence-electron chi connectivity index (χ0n) is 13.4. The minimum Gasteiger partial charge on any atom is -0.469 e. The number of carbonyl (C=O) groups is 3. The fourth-order valence-corrected chi connectivity index (χ4v) is 3.44. The number of carbonyl (C=O) groups excluding carboxylic acids is 3. The van der Waals surface area contributed by atoms with Gasteiger partial charge in [-0.2, -0.15) is 4.31 Å². The summed E-state index contributed by atoms with van der Waals surface area (Å²) in [6.07, 6.45) is 1.67. The molecule has 8 nitrogen and oxygen atoms in total. The Labute approximate surface area is 137 Å². The second kappa shape index (κ2) is 9.61. The van der Waals surface area contributed by atoms with Crippen LogP contribution in [-0.4, -0.2) is 56.7 Å². The largest absolute Gasteiger partial charge is 0.469 e. The van der Waals surface area contributed by atoms with Crippen LogP contribution in [-0.2, 0) is 34.7 Å². The molecule has 132 valence electrons. The molecular formula is C14H23NO7S. The van der Waals surface area contributed by atoms with Gasteiger partial charge in [0.2, 0.25) is 10.9 Å². The van der Waals surface area contributed by atoms with Gasteiger partial charge in [0.25, 0.3) is 0 Å². The van der Waals surface area contributed by atoms with Crippen LogP contribution in [0, 0.1) is 5.92 Å². The van der Waals surface area contributed by atoms with Crippen molar-refractivity contribution < 1.29 is 32.3 Å². The molecule has 0 N–H and O–H groups in total. The normalized spacial score (nSPS) is 21.2. The molecule has 0 aromatic heterocycles. The van der Waals surface area contributed by atoms with Gasteiger partial charge in [-0.1, -0.05) is 0 Å². The number of rotatable bonds is 8. The summed E-state index contributed by atoms with van der Waals surface area (Å²) in [5.41, 5.74) is 0. The molecule has 0 aliphatic heterocycles. The molecule has 0 heterocycles. The van der Waals surface area contributed by atoms with Crippen molar-refractivity contribution in [2.24, 2.45) is 5.92 Å². The van der Waals surface area contributed by atoms with Crippen LogP contribution in [0.2, 0.25) is 0 Å². The monoisotopic (exact) mass is 349 g/mol. The minimum absolute atomic E-state index is 0.182. The van der Waals surface area contributed by atoms with Crippen molar-refractivity contribution in [1.82, 2.24) is 4.31 Å². The van der Waals surface area contributed by atoms with E-state index in [0.29, 0.717) is 25.7 Å². The molecule has 0 saturated heterocycles. The summed E-state index contributed by atoms with van der Waals surface area (Å²) in [6.45, 7) is 1.53. The van der Waals surface area contributed by atoms with Crippen LogP contribution in [0.25, 0.3) is 0 Å². The lowest BCUT2D eigenvalue weighted by molar-refractivity contribution is -0.146. The number of Topliss-reactive ketones (excluding diaryl/α,β-unsaturated/α-hetero) is 1. The van der Waals surface area contributed by atoms with E-state index < -0.39 is 22.8 Å². The fraction of sp³-hybridized carbons (Fsp3) is 0.786. The zero-order chi connectivity index (χ0) is 17.4. The quantitative estimate of drug-likeness (QED) is 0.375. The molecule has 0 radical (unpaired) electrons. The number of thiol groups is 1. The highest BCUT2D eigenvalue weighted by molar-refractivity contribution is 7.69. The molecular weight excluding hydrogens is 326 g/mol. The summed E-state index contributed by atoms with van der Waals surface area (Å²) in [6, 6.07) is -0.317. The van der Waals surface area contributed by atoms with E-state index >= 15 is 0 Å². The predicted octanol–water partition coefficient (Wildman–Crippen LogP) is 0.0689. The van der Waals surface area contributed by atoms with Gasteiger partial charge in [-0.3, -0.25) is 14.4 Å². The minimum atomic E-state index is -2.90. The van der Waals surface area contributed by atoms with E-state index in [0.717, 1.165) is 4.31 Å². The van der Waals surface area contributed by atoms with E-state index in [9.17, 15) is 22.8 Å². The van der Waals surface area contributed by atoms with Crippen molar-refractivity contribution in [1.29, 1.82) is 0 Å². The molecule has 0 aromatic rings. The number of ketones is 1. The summed E-state index contributed by atoms with van der Waals surface area (Å²) >= 11 is 0. The Hall–Kier alpha value is -1.48. The van der Waals surface area contributed by atoms with Gasteiger partial charge in [-0.25, -0.2) is 8.42 Å². The van der Waals surface area contributed by atoms with Crippen LogP contribution in [0.5, 0.6) is 0 Å². The molecule has 0 unspecified atom stereocenters. The van der Waals surface area contributed by atoms with E-state index in [1.165, 1.54) is 7.11 Å². The number of ether oxygens (including phenoxy) is 2. The number of nitrogens with zero attached hydrogens (tertiary/aromatic N) is 1. The first-order chi connectivity index (χ1) is 10.9. The molecule has 0 amide bonds. The second-order valence-corrected chi connectivity index (χ2v) is 6.35. The average Bonchev–Trinajstić information content (AvgIpc) is 2.52. The molecule has 1 aliphatic rings. The van der Waals surface area contributed by atoms with Crippen LogP contribution < -0.4 is 0 Å². The number of hydrogen-bond donors (Lipinski definition) is 1. The van der Waals surface area contributed by atoms with Gasteiger partial charge in [0.1, 0.15) is 18.7 Å². The third-order valence-electron chi connectivity index (χ3n) is 3.93. The molecule has 1 aliphatic carbocycles. The van der Waals surface area contributed by atoms with Gasteiger partial charge in [-0.15, -0.1) is 0 Å². The molecule has 9 heteroatoms. The Morgan fingerprint density at radius 2 is 1.70 bits per heavy atom. The lowest BCUT2D eigenvalue weighted by atomic mass is 9.82. The maximum atomic E-state index is 11.9. The first-order valence-electron chi connectivity index (χ1n) is 7.55. The lowest BCUT2D eigenvalue weighted by Crippen LogP contribution is -2.41. The topological polar surface area (TPSA) is 107 Å². The van der Waals surface area contributed by atoms with E-state index in [2.05, 4.69) is 4.74 Å². The number of esters is 2. The van der Waals surface area contributed by atoms with Gasteiger partial charge in [0.05, 0.1) is 13.7 Å². The highest BCUT2D eigenvalue weighted by atomic mass is 32.2. The van der Waals surface area contributed by atoms with Crippen molar-refractivity contribution in [2.75, 3.05) is 20.3 Å². The van der Waals surface area contributed by atoms with Crippen LogP contribution in [0.3, 0.4) is 0 Å². The molecule has 1 saturated carbocycles. The summed E-state index contributed by atoms with van der Waals surface area (Å²) < 4.78 is 33.1. The Bertz CT molecular complexity index is 501. The van der Waals surface area contributed by atoms with Crippen molar-refractivity contribution in [3.63, 3.8) is 0 Å². The number of hydrogen-bond acceptors (Lipinski definition) is 7. The van der Waals surface area contributed by atoms with Crippen molar-refractivity contribution >= 4 is 28.6 Å². The maximum absolute atomic E-state index is 11.9. The summed E-state index contributed by atoms with van der Waals surface area (Å²) in [7, 11) is -1.68. The average molecular weight is 349 g/mol. The Balaban J connectivity index is 2.56. The summed E-state index contributed by atoms with van der Waals surface area (Å²) in [4.78, 5) is 34.6. The molecule has 1 rings (SSSR count). The van der Waals surface area contributed by atoms with Gasteiger partial charge in [-0.05, 0) is 32.6 Å². The van der Waals surface area contributed by atoms with E-state index in [-0.39, 0.29) is 37.3 Å². The smallest absolute Gasteiger partial charge is 0.321 e. The second-order valence-electron chi connectivity index (χ2n) is 5.37. The Morgan fingerprint density at radius 3 is 2.17 bits per heavy atom. The molecule has 0 spiro atoms. The van der Waals surface area contributed by atoms with Crippen LogP contribution >= 0.6 is 0 Å². The standard InChI is InChI=1S/C14H23NO7S/c1-3-22-14(18)9-15(23(19)20)11-6-4-10(5-7-11)12(16)8-13(17)21-2/h10-11,23H,3-9H2,1-2H3. The van der Waals surface area contributed by atoms with Gasteiger partial charge in [0, 0.05) is 12.0 Å². The molecule has 0 bridgehead atoms. The van der Waals surface area contributed by atoms with E-state index in [1.807, 2.05) is 0 Å². The maximum Gasteiger partial charge on any atom is 0.321 e. The SMILES string of the molecule is CCOC(=O)CN(C1CCC(C(=O)CC(=O)OC)CC1)[SH](=O)=O. The van der Waals surface area contributed by atoms with Crippen molar-refractivity contribution in [2.45, 2.75) is 45.1 Å². The third kappa shape index (κ3) is 6.26. The highest BCUT2D eigenvalue weighted by Crippen LogP contribution is 2.29. The molecule has 0 atom stereocenters. The van der Waals surface area contributed by atoms with Crippen LogP contribution in [0.4, 0.5) is 0 Å². The Kier molecular flexibility index (Phi) is 8.18. The van der Waals surface area contributed by atoms with Crippen LogP contribution in [0.1, 0.15) is 39.0 Å². The summed E-state index contributed by atoms with van der Waals surface area (Å²) in [5.74, 6) is -1.60. The van der Waals surface area contributed by atoms with Gasteiger partial charge < -0.3 is 9.47 Å². The van der Waals surface area contributed by atoms with Crippen molar-refractivity contribution in [3.8, 4) is 0 Å². The van der Waals surface area contributed by atoms with Crippen molar-refractivity contribution in [3.05, 3.63) is 0 Å². The van der Waals surface area contributed by atoms with Crippen LogP contribution in [0.15, 0.2) is 0 Å². The highest BCUT2D eigenvalue weighted by Gasteiger charge is 2.32. The van der Waals surface area contributed by atoms with E-state index in [4.69, 9.17) is 4.74 Å². The predicted molar refractivity (Wildman–Crippen MR) is 81.0 cm³/mol. The zero-order valence-corrected chi connectivity index (χ0v) is 14.3. The molecule has 0 aromatic carbocycles. The van der Waals surface area contributed by atoms with Gasteiger partial charge in [0.15, 0.2) is 0 Å². The van der Waals surface area contributed by atoms with Gasteiger partial charge >= 0.3 is 11.9 Å². The summed E-state index contributed by atoms with van der Waals surface area (Å²) in [5, 5.41) is 0. The molecule has 1 fully saturated rings. The number of methoxy groups -OCH3 is 1. The first-order valence-corrected chi connectivity index (χ1v) is 8.68. The van der Waals surface area contributed by atoms with E-state index in [1.54, 1.807) is 6.92 Å². The first kappa shape index (κ1) is 19.6. The lowest BCUT2D eigenvalue weighted by Gasteiger charge is -2.32. The molecule has 23 heavy (non-hydrogen) atoms. The third-order valence-corrected chi connectivity index (χ3v) is 4.81. The fourth-order valence-electron chi connectivity index (χ4n) is 2.71.